The minimum Gasteiger partial charge on any atom is -0.451 e. The third-order valence-corrected chi connectivity index (χ3v) is 6.62. The summed E-state index contributed by atoms with van der Waals surface area (Å²) in [6.07, 6.45) is 2.28. The molecule has 3 aromatic heterocycles. The van der Waals surface area contributed by atoms with Crippen molar-refractivity contribution in [2.45, 2.75) is 65.9 Å². The summed E-state index contributed by atoms with van der Waals surface area (Å²) in [5, 5.41) is 4.58. The zero-order valence-electron chi connectivity index (χ0n) is 17.3. The maximum Gasteiger partial charge on any atom is 0.344 e. The highest BCUT2D eigenvalue weighted by atomic mass is 32.1. The van der Waals surface area contributed by atoms with Gasteiger partial charge in [-0.1, -0.05) is 25.9 Å². The van der Waals surface area contributed by atoms with Gasteiger partial charge in [-0.3, -0.25) is 4.79 Å². The quantitative estimate of drug-likeness (QED) is 0.632. The Morgan fingerprint density at radius 1 is 1.34 bits per heavy atom. The average molecular weight is 416 g/mol. The first-order valence-corrected chi connectivity index (χ1v) is 10.8. The molecule has 0 aliphatic heterocycles. The molecule has 8 heteroatoms. The number of nitrogens with one attached hydrogen (secondary N) is 1. The SMILES string of the molecule is Cc1noc(C(C)C)c1C(=O)O[C@@H](C)c1nc2sc3c(c2c(=O)[nH]1)CC[C@H](C)C3. The number of aryl methyl sites for hydroxylation is 2. The van der Waals surface area contributed by atoms with Crippen molar-refractivity contribution in [1.82, 2.24) is 15.1 Å². The van der Waals surface area contributed by atoms with Gasteiger partial charge in [0.1, 0.15) is 10.4 Å². The highest BCUT2D eigenvalue weighted by molar-refractivity contribution is 7.18. The Balaban J connectivity index is 1.64. The Morgan fingerprint density at radius 3 is 2.83 bits per heavy atom. The van der Waals surface area contributed by atoms with Gasteiger partial charge in [0, 0.05) is 10.8 Å². The highest BCUT2D eigenvalue weighted by Gasteiger charge is 2.27. The van der Waals surface area contributed by atoms with Gasteiger partial charge < -0.3 is 14.2 Å². The molecule has 0 spiro atoms. The molecule has 154 valence electrons. The zero-order chi connectivity index (χ0) is 20.9. The summed E-state index contributed by atoms with van der Waals surface area (Å²) >= 11 is 1.58. The molecular formula is C21H25N3O4S. The van der Waals surface area contributed by atoms with Gasteiger partial charge >= 0.3 is 5.97 Å². The fourth-order valence-electron chi connectivity index (χ4n) is 3.86. The largest absolute Gasteiger partial charge is 0.451 e. The summed E-state index contributed by atoms with van der Waals surface area (Å²) in [6, 6.07) is 0. The van der Waals surface area contributed by atoms with E-state index >= 15 is 0 Å². The number of hydrogen-bond acceptors (Lipinski definition) is 7. The molecule has 0 fully saturated rings. The number of hydrogen-bond donors (Lipinski definition) is 1. The van der Waals surface area contributed by atoms with Gasteiger partial charge in [0.05, 0.1) is 11.1 Å². The van der Waals surface area contributed by atoms with E-state index in [1.165, 1.54) is 4.88 Å². The second kappa shape index (κ2) is 7.40. The number of rotatable bonds is 4. The monoisotopic (exact) mass is 415 g/mol. The van der Waals surface area contributed by atoms with Gasteiger partial charge in [0.2, 0.25) is 0 Å². The number of H-pyrrole nitrogens is 1. The van der Waals surface area contributed by atoms with E-state index in [-0.39, 0.29) is 11.5 Å². The van der Waals surface area contributed by atoms with Crippen LogP contribution in [0.15, 0.2) is 9.32 Å². The summed E-state index contributed by atoms with van der Waals surface area (Å²) in [6.45, 7) is 9.49. The summed E-state index contributed by atoms with van der Waals surface area (Å²) in [4.78, 5) is 34.9. The minimum absolute atomic E-state index is 0.00293. The highest BCUT2D eigenvalue weighted by Crippen LogP contribution is 2.36. The molecule has 29 heavy (non-hydrogen) atoms. The van der Waals surface area contributed by atoms with Crippen LogP contribution in [0, 0.1) is 12.8 Å². The molecule has 0 amide bonds. The van der Waals surface area contributed by atoms with Crippen molar-refractivity contribution in [1.29, 1.82) is 0 Å². The van der Waals surface area contributed by atoms with Crippen LogP contribution in [0.25, 0.3) is 10.2 Å². The minimum atomic E-state index is -0.702. The second-order valence-electron chi connectivity index (χ2n) is 8.19. The Kier molecular flexibility index (Phi) is 5.06. The van der Waals surface area contributed by atoms with Crippen LogP contribution in [0.4, 0.5) is 0 Å². The number of thiophene rings is 1. The van der Waals surface area contributed by atoms with Gasteiger partial charge in [-0.05, 0) is 44.6 Å². The smallest absolute Gasteiger partial charge is 0.344 e. The molecule has 2 atom stereocenters. The van der Waals surface area contributed by atoms with E-state index in [9.17, 15) is 9.59 Å². The van der Waals surface area contributed by atoms with E-state index in [1.54, 1.807) is 25.2 Å². The lowest BCUT2D eigenvalue weighted by atomic mass is 9.89. The number of carbonyl (C=O) groups is 1. The molecule has 3 aromatic rings. The molecule has 3 heterocycles. The van der Waals surface area contributed by atoms with Crippen LogP contribution in [-0.4, -0.2) is 21.1 Å². The molecule has 7 nitrogen and oxygen atoms in total. The van der Waals surface area contributed by atoms with E-state index in [2.05, 4.69) is 22.0 Å². The van der Waals surface area contributed by atoms with Crippen molar-refractivity contribution in [3.05, 3.63) is 43.6 Å². The Hall–Kier alpha value is -2.48. The van der Waals surface area contributed by atoms with E-state index in [0.717, 1.165) is 29.7 Å². The molecule has 0 unspecified atom stereocenters. The Labute approximate surface area is 172 Å². The maximum absolute atomic E-state index is 12.8. The average Bonchev–Trinajstić information content (AvgIpc) is 3.21. The Bertz CT molecular complexity index is 1140. The van der Waals surface area contributed by atoms with Crippen molar-refractivity contribution >= 4 is 27.5 Å². The summed E-state index contributed by atoms with van der Waals surface area (Å²) in [5.41, 5.74) is 1.80. The van der Waals surface area contributed by atoms with Gasteiger partial charge in [0.15, 0.2) is 17.7 Å². The van der Waals surface area contributed by atoms with Crippen LogP contribution in [0.5, 0.6) is 0 Å². The number of aromatic amines is 1. The summed E-state index contributed by atoms with van der Waals surface area (Å²) < 4.78 is 10.9. The fraction of sp³-hybridized carbons (Fsp3) is 0.524. The number of carbonyl (C=O) groups excluding carboxylic acids is 1. The molecule has 1 N–H and O–H groups in total. The van der Waals surface area contributed by atoms with Crippen LogP contribution in [-0.2, 0) is 17.6 Å². The molecule has 4 rings (SSSR count). The number of aromatic nitrogens is 3. The predicted octanol–water partition coefficient (Wildman–Crippen LogP) is 4.45. The number of nitrogens with zero attached hydrogens (tertiary/aromatic N) is 2. The number of esters is 1. The molecule has 1 aliphatic rings. The third-order valence-electron chi connectivity index (χ3n) is 5.47. The summed E-state index contributed by atoms with van der Waals surface area (Å²) in [5.74, 6) is 0.945. The first kappa shape index (κ1) is 19.8. The third kappa shape index (κ3) is 3.50. The van der Waals surface area contributed by atoms with Gasteiger partial charge in [-0.2, -0.15) is 0 Å². The second-order valence-corrected chi connectivity index (χ2v) is 9.28. The topological polar surface area (TPSA) is 98.1 Å². The lowest BCUT2D eigenvalue weighted by molar-refractivity contribution is 0.0316. The number of ether oxygens (including phenoxy) is 1. The van der Waals surface area contributed by atoms with Crippen LogP contribution in [0.2, 0.25) is 0 Å². The van der Waals surface area contributed by atoms with Crippen LogP contribution in [0.1, 0.15) is 84.2 Å². The van der Waals surface area contributed by atoms with Crippen molar-refractivity contribution in [3.63, 3.8) is 0 Å². The Morgan fingerprint density at radius 2 is 2.10 bits per heavy atom. The summed E-state index contributed by atoms with van der Waals surface area (Å²) in [7, 11) is 0. The lowest BCUT2D eigenvalue weighted by Gasteiger charge is -2.17. The van der Waals surface area contributed by atoms with Crippen LogP contribution >= 0.6 is 11.3 Å². The molecule has 0 saturated heterocycles. The van der Waals surface area contributed by atoms with E-state index in [4.69, 9.17) is 9.26 Å². The van der Waals surface area contributed by atoms with E-state index < -0.39 is 12.1 Å². The van der Waals surface area contributed by atoms with Crippen molar-refractivity contribution < 1.29 is 14.1 Å². The van der Waals surface area contributed by atoms with Crippen molar-refractivity contribution in [2.75, 3.05) is 0 Å². The molecule has 0 saturated carbocycles. The first-order valence-electron chi connectivity index (χ1n) is 9.97. The molecule has 0 bridgehead atoms. The van der Waals surface area contributed by atoms with Crippen molar-refractivity contribution in [3.8, 4) is 0 Å². The van der Waals surface area contributed by atoms with Crippen LogP contribution in [0.3, 0.4) is 0 Å². The van der Waals surface area contributed by atoms with E-state index in [1.807, 2.05) is 13.8 Å². The lowest BCUT2D eigenvalue weighted by Crippen LogP contribution is -2.19. The van der Waals surface area contributed by atoms with Gasteiger partial charge in [0.25, 0.3) is 5.56 Å². The predicted molar refractivity (Wildman–Crippen MR) is 111 cm³/mol. The van der Waals surface area contributed by atoms with Crippen molar-refractivity contribution in [2.24, 2.45) is 5.92 Å². The number of fused-ring (bicyclic) bond motifs is 3. The normalized spacial score (nSPS) is 17.5. The first-order chi connectivity index (χ1) is 13.8. The van der Waals surface area contributed by atoms with E-state index in [0.29, 0.717) is 34.1 Å². The van der Waals surface area contributed by atoms with Crippen LogP contribution < -0.4 is 5.56 Å². The van der Waals surface area contributed by atoms with Gasteiger partial charge in [-0.15, -0.1) is 11.3 Å². The molecular weight excluding hydrogens is 390 g/mol. The molecule has 0 aromatic carbocycles. The fourth-order valence-corrected chi connectivity index (χ4v) is 5.25. The zero-order valence-corrected chi connectivity index (χ0v) is 18.1. The molecule has 0 radical (unpaired) electrons. The maximum atomic E-state index is 12.8. The standard InChI is InChI=1S/C21H25N3O4S/c1-9(2)17-15(11(4)24-28-17)21(26)27-12(5)18-22-19(25)16-13-7-6-10(3)8-14(13)29-20(16)23-18/h9-10,12H,6-8H2,1-5H3,(H,22,23,25)/t10-,12-/m0/s1. The van der Waals surface area contributed by atoms with Gasteiger partial charge in [-0.25, -0.2) is 9.78 Å². The molecule has 1 aliphatic carbocycles.